The maximum atomic E-state index is 9.06. The van der Waals surface area contributed by atoms with Gasteiger partial charge in [-0.25, -0.2) is 0 Å². The van der Waals surface area contributed by atoms with Gasteiger partial charge in [0.05, 0.1) is 18.8 Å². The van der Waals surface area contributed by atoms with Crippen molar-refractivity contribution in [1.29, 1.82) is 0 Å². The van der Waals surface area contributed by atoms with Crippen LogP contribution in [0.5, 0.6) is 0 Å². The first-order valence-corrected chi connectivity index (χ1v) is 6.00. The average molecular weight is 229 g/mol. The summed E-state index contributed by atoms with van der Waals surface area (Å²) in [6.07, 6.45) is 6.97. The Hall–Kier alpha value is -1.68. The van der Waals surface area contributed by atoms with Crippen molar-refractivity contribution in [2.24, 2.45) is 0 Å². The van der Waals surface area contributed by atoms with Gasteiger partial charge in [-0.2, -0.15) is 5.10 Å². The van der Waals surface area contributed by atoms with Gasteiger partial charge in [0, 0.05) is 29.2 Å². The van der Waals surface area contributed by atoms with E-state index in [9.17, 15) is 0 Å². The van der Waals surface area contributed by atoms with Crippen molar-refractivity contribution in [3.63, 3.8) is 0 Å². The Morgan fingerprint density at radius 2 is 2.29 bits per heavy atom. The van der Waals surface area contributed by atoms with E-state index in [1.54, 1.807) is 6.20 Å². The molecule has 17 heavy (non-hydrogen) atoms. The lowest BCUT2D eigenvalue weighted by Crippen LogP contribution is -2.07. The van der Waals surface area contributed by atoms with Crippen molar-refractivity contribution in [3.05, 3.63) is 35.8 Å². The van der Waals surface area contributed by atoms with E-state index in [4.69, 9.17) is 5.11 Å². The van der Waals surface area contributed by atoms with E-state index in [0.717, 1.165) is 24.1 Å². The number of aliphatic hydroxyl groups is 1. The molecule has 0 spiro atoms. The lowest BCUT2D eigenvalue weighted by molar-refractivity contribution is 0.267. The molecular formula is C13H15N3O. The molecular weight excluding hydrogens is 214 g/mol. The zero-order chi connectivity index (χ0) is 11.7. The number of hydrogen-bond donors (Lipinski definition) is 1. The molecule has 4 nitrogen and oxygen atoms in total. The van der Waals surface area contributed by atoms with E-state index >= 15 is 0 Å². The number of aromatic nitrogens is 3. The predicted octanol–water partition coefficient (Wildman–Crippen LogP) is 1.43. The SMILES string of the molecule is OCCn1nc(-c2cccnc2)c2c1CCC2. The lowest BCUT2D eigenvalue weighted by atomic mass is 10.1. The Kier molecular flexibility index (Phi) is 2.65. The van der Waals surface area contributed by atoms with Crippen LogP contribution in [0, 0.1) is 0 Å². The third kappa shape index (κ3) is 1.74. The Bertz CT molecular complexity index is 519. The van der Waals surface area contributed by atoms with Gasteiger partial charge in [-0.3, -0.25) is 9.67 Å². The quantitative estimate of drug-likeness (QED) is 0.866. The fourth-order valence-corrected chi connectivity index (χ4v) is 2.52. The summed E-state index contributed by atoms with van der Waals surface area (Å²) in [7, 11) is 0. The van der Waals surface area contributed by atoms with Crippen molar-refractivity contribution >= 4 is 0 Å². The third-order valence-corrected chi connectivity index (χ3v) is 3.25. The monoisotopic (exact) mass is 229 g/mol. The topological polar surface area (TPSA) is 50.9 Å². The van der Waals surface area contributed by atoms with E-state index in [2.05, 4.69) is 10.1 Å². The number of nitrogens with zero attached hydrogens (tertiary/aromatic N) is 3. The summed E-state index contributed by atoms with van der Waals surface area (Å²) in [6.45, 7) is 0.725. The summed E-state index contributed by atoms with van der Waals surface area (Å²) >= 11 is 0. The Balaban J connectivity index is 2.09. The van der Waals surface area contributed by atoms with Crippen LogP contribution in [0.15, 0.2) is 24.5 Å². The van der Waals surface area contributed by atoms with E-state index in [-0.39, 0.29) is 6.61 Å². The normalized spacial score (nSPS) is 13.9. The molecule has 2 heterocycles. The molecule has 0 saturated heterocycles. The second-order valence-corrected chi connectivity index (χ2v) is 4.32. The van der Waals surface area contributed by atoms with Crippen LogP contribution in [-0.2, 0) is 19.4 Å². The molecule has 3 rings (SSSR count). The zero-order valence-corrected chi connectivity index (χ0v) is 9.63. The molecule has 2 aromatic heterocycles. The van der Waals surface area contributed by atoms with Crippen LogP contribution in [0.2, 0.25) is 0 Å². The van der Waals surface area contributed by atoms with Crippen LogP contribution in [0.25, 0.3) is 11.3 Å². The smallest absolute Gasteiger partial charge is 0.0973 e. The Morgan fingerprint density at radius 1 is 1.35 bits per heavy atom. The van der Waals surface area contributed by atoms with Gasteiger partial charge in [0.15, 0.2) is 0 Å². The molecule has 1 aliphatic rings. The summed E-state index contributed by atoms with van der Waals surface area (Å²) in [5.41, 5.74) is 4.74. The van der Waals surface area contributed by atoms with Crippen LogP contribution in [0.1, 0.15) is 17.7 Å². The number of rotatable bonds is 3. The summed E-state index contributed by atoms with van der Waals surface area (Å²) < 4.78 is 1.95. The molecule has 0 bridgehead atoms. The maximum Gasteiger partial charge on any atom is 0.0973 e. The first kappa shape index (κ1) is 10.5. The van der Waals surface area contributed by atoms with Gasteiger partial charge in [0.2, 0.25) is 0 Å². The molecule has 0 atom stereocenters. The maximum absolute atomic E-state index is 9.06. The number of aliphatic hydroxyl groups excluding tert-OH is 1. The summed E-state index contributed by atoms with van der Waals surface area (Å²) in [5, 5.41) is 13.7. The highest BCUT2D eigenvalue weighted by Gasteiger charge is 2.22. The number of fused-ring (bicyclic) bond motifs is 1. The van der Waals surface area contributed by atoms with E-state index in [1.807, 2.05) is 23.0 Å². The van der Waals surface area contributed by atoms with Crippen molar-refractivity contribution in [2.75, 3.05) is 6.61 Å². The number of pyridine rings is 1. The molecule has 0 aromatic carbocycles. The molecule has 2 aromatic rings. The summed E-state index contributed by atoms with van der Waals surface area (Å²) in [6, 6.07) is 3.97. The summed E-state index contributed by atoms with van der Waals surface area (Å²) in [4.78, 5) is 4.14. The minimum Gasteiger partial charge on any atom is -0.394 e. The first-order valence-electron chi connectivity index (χ1n) is 6.00. The highest BCUT2D eigenvalue weighted by molar-refractivity contribution is 5.64. The van der Waals surface area contributed by atoms with Gasteiger partial charge in [0.25, 0.3) is 0 Å². The lowest BCUT2D eigenvalue weighted by Gasteiger charge is -2.01. The van der Waals surface area contributed by atoms with Crippen LogP contribution in [-0.4, -0.2) is 26.5 Å². The van der Waals surface area contributed by atoms with Crippen LogP contribution < -0.4 is 0 Å². The second kappa shape index (κ2) is 4.30. The van der Waals surface area contributed by atoms with Gasteiger partial charge >= 0.3 is 0 Å². The van der Waals surface area contributed by atoms with Gasteiger partial charge in [-0.1, -0.05) is 0 Å². The molecule has 0 amide bonds. The molecule has 0 unspecified atom stereocenters. The molecule has 1 aliphatic carbocycles. The fraction of sp³-hybridized carbons (Fsp3) is 0.385. The largest absolute Gasteiger partial charge is 0.394 e. The molecule has 4 heteroatoms. The average Bonchev–Trinajstić information content (AvgIpc) is 2.94. The fourth-order valence-electron chi connectivity index (χ4n) is 2.52. The second-order valence-electron chi connectivity index (χ2n) is 4.32. The Morgan fingerprint density at radius 3 is 3.06 bits per heavy atom. The van der Waals surface area contributed by atoms with Crippen LogP contribution >= 0.6 is 0 Å². The zero-order valence-electron chi connectivity index (χ0n) is 9.63. The molecule has 88 valence electrons. The van der Waals surface area contributed by atoms with Crippen LogP contribution in [0.4, 0.5) is 0 Å². The molecule has 0 aliphatic heterocycles. The molecule has 0 fully saturated rings. The molecule has 1 N–H and O–H groups in total. The highest BCUT2D eigenvalue weighted by Crippen LogP contribution is 2.31. The van der Waals surface area contributed by atoms with Crippen molar-refractivity contribution in [1.82, 2.24) is 14.8 Å². The molecule has 0 saturated carbocycles. The minimum absolute atomic E-state index is 0.139. The standard InChI is InChI=1S/C13H15N3O/c17-8-7-16-12-5-1-4-11(12)13(15-16)10-3-2-6-14-9-10/h2-3,6,9,17H,1,4-5,7-8H2. The first-order chi connectivity index (χ1) is 8.40. The number of hydrogen-bond acceptors (Lipinski definition) is 3. The van der Waals surface area contributed by atoms with Crippen molar-refractivity contribution in [3.8, 4) is 11.3 Å². The minimum atomic E-state index is 0.139. The summed E-state index contributed by atoms with van der Waals surface area (Å²) in [5.74, 6) is 0. The van der Waals surface area contributed by atoms with Gasteiger partial charge in [-0.05, 0) is 31.4 Å². The van der Waals surface area contributed by atoms with E-state index < -0.39 is 0 Å². The third-order valence-electron chi connectivity index (χ3n) is 3.25. The van der Waals surface area contributed by atoms with Gasteiger partial charge in [0.1, 0.15) is 0 Å². The van der Waals surface area contributed by atoms with E-state index in [0.29, 0.717) is 6.54 Å². The van der Waals surface area contributed by atoms with Crippen molar-refractivity contribution in [2.45, 2.75) is 25.8 Å². The van der Waals surface area contributed by atoms with Gasteiger partial charge in [-0.15, -0.1) is 0 Å². The molecule has 0 radical (unpaired) electrons. The van der Waals surface area contributed by atoms with Gasteiger partial charge < -0.3 is 5.11 Å². The van der Waals surface area contributed by atoms with Crippen molar-refractivity contribution < 1.29 is 5.11 Å². The predicted molar refractivity (Wildman–Crippen MR) is 64.6 cm³/mol. The highest BCUT2D eigenvalue weighted by atomic mass is 16.3. The van der Waals surface area contributed by atoms with E-state index in [1.165, 1.54) is 17.7 Å². The van der Waals surface area contributed by atoms with Crippen LogP contribution in [0.3, 0.4) is 0 Å². The Labute approximate surface area is 99.9 Å².